The highest BCUT2D eigenvalue weighted by molar-refractivity contribution is 7.09. The number of likely N-dealkylation sites (tertiary alicyclic amines) is 2. The number of carbonyl (C=O) groups is 3. The number of alkyl halides is 3. The summed E-state index contributed by atoms with van der Waals surface area (Å²) in [5, 5.41) is 10.2. The molecular weight excluding hydrogens is 437 g/mol. The van der Waals surface area contributed by atoms with Crippen molar-refractivity contribution in [1.29, 1.82) is 0 Å². The molecule has 2 aromatic rings. The molecule has 4 rings (SSSR count). The standard InChI is InChI=1S/C17H20N4O2S.C2HF3O2/c1-11-18-13(10-24-11)8-20-6-12-7-21(9-14(12)16(20)22)17(23)15-4-3-5-19(15)2;3-2(4,5)1(6)7/h3-5,10,12,14H,6-9H2,1-2H3;(H,6,7)/t12-,14+;/m1./s1. The van der Waals surface area contributed by atoms with Crippen LogP contribution in [0.2, 0.25) is 0 Å². The molecule has 168 valence electrons. The molecule has 2 aromatic heterocycles. The molecule has 0 saturated carbocycles. The highest BCUT2D eigenvalue weighted by atomic mass is 32.1. The van der Waals surface area contributed by atoms with Crippen molar-refractivity contribution in [3.63, 3.8) is 0 Å². The normalized spacial score (nSPS) is 20.5. The van der Waals surface area contributed by atoms with E-state index in [1.54, 1.807) is 11.3 Å². The summed E-state index contributed by atoms with van der Waals surface area (Å²) in [5.74, 6) is -2.40. The topological polar surface area (TPSA) is 95.7 Å². The zero-order valence-electron chi connectivity index (χ0n) is 16.8. The van der Waals surface area contributed by atoms with Crippen LogP contribution in [-0.2, 0) is 23.2 Å². The van der Waals surface area contributed by atoms with Gasteiger partial charge >= 0.3 is 12.1 Å². The molecule has 1 N–H and O–H groups in total. The third-order valence-corrected chi connectivity index (χ3v) is 6.06. The first-order chi connectivity index (χ1) is 14.5. The molecule has 2 amide bonds. The van der Waals surface area contributed by atoms with Gasteiger partial charge in [-0.1, -0.05) is 0 Å². The number of rotatable bonds is 3. The fourth-order valence-electron chi connectivity index (χ4n) is 3.77. The summed E-state index contributed by atoms with van der Waals surface area (Å²) in [4.78, 5) is 42.4. The van der Waals surface area contributed by atoms with Gasteiger partial charge in [0.1, 0.15) is 5.69 Å². The van der Waals surface area contributed by atoms with Crippen LogP contribution in [0.25, 0.3) is 0 Å². The number of nitrogens with zero attached hydrogens (tertiary/aromatic N) is 4. The van der Waals surface area contributed by atoms with Gasteiger partial charge in [0.15, 0.2) is 0 Å². The third-order valence-electron chi connectivity index (χ3n) is 5.24. The van der Waals surface area contributed by atoms with Gasteiger partial charge < -0.3 is 19.5 Å². The van der Waals surface area contributed by atoms with Crippen LogP contribution < -0.4 is 0 Å². The van der Waals surface area contributed by atoms with Gasteiger partial charge in [-0.25, -0.2) is 9.78 Å². The van der Waals surface area contributed by atoms with Crippen molar-refractivity contribution in [2.75, 3.05) is 19.6 Å². The Kier molecular flexibility index (Phi) is 6.39. The van der Waals surface area contributed by atoms with Crippen LogP contribution in [0.15, 0.2) is 23.7 Å². The summed E-state index contributed by atoms with van der Waals surface area (Å²) in [6, 6.07) is 3.70. The molecule has 0 bridgehead atoms. The molecule has 0 radical (unpaired) electrons. The number of hydrogen-bond acceptors (Lipinski definition) is 5. The molecule has 12 heteroatoms. The van der Waals surface area contributed by atoms with Crippen LogP contribution in [0.4, 0.5) is 13.2 Å². The largest absolute Gasteiger partial charge is 0.490 e. The van der Waals surface area contributed by atoms with Crippen molar-refractivity contribution in [2.45, 2.75) is 19.6 Å². The minimum absolute atomic E-state index is 0.0198. The lowest BCUT2D eigenvalue weighted by molar-refractivity contribution is -0.192. The second kappa shape index (κ2) is 8.69. The maximum atomic E-state index is 12.7. The number of fused-ring (bicyclic) bond motifs is 1. The van der Waals surface area contributed by atoms with Crippen molar-refractivity contribution >= 4 is 29.1 Å². The predicted octanol–water partition coefficient (Wildman–Crippen LogP) is 2.15. The fraction of sp³-hybridized carbons (Fsp3) is 0.474. The number of aromatic nitrogens is 2. The van der Waals surface area contributed by atoms with Gasteiger partial charge in [-0.3, -0.25) is 9.59 Å². The van der Waals surface area contributed by atoms with E-state index < -0.39 is 12.1 Å². The van der Waals surface area contributed by atoms with Crippen molar-refractivity contribution in [2.24, 2.45) is 18.9 Å². The van der Waals surface area contributed by atoms with Crippen LogP contribution in [0.3, 0.4) is 0 Å². The van der Waals surface area contributed by atoms with Crippen LogP contribution in [0.1, 0.15) is 21.2 Å². The Hall–Kier alpha value is -2.89. The van der Waals surface area contributed by atoms with Crippen LogP contribution in [-0.4, -0.2) is 68.1 Å². The molecule has 0 spiro atoms. The summed E-state index contributed by atoms with van der Waals surface area (Å²) in [6.07, 6.45) is -3.22. The molecule has 2 fully saturated rings. The van der Waals surface area contributed by atoms with E-state index in [-0.39, 0.29) is 23.7 Å². The Morgan fingerprint density at radius 1 is 1.29 bits per heavy atom. The second-order valence-electron chi connectivity index (χ2n) is 7.46. The molecular formula is C19H21F3N4O4S. The zero-order valence-corrected chi connectivity index (χ0v) is 17.6. The summed E-state index contributed by atoms with van der Waals surface area (Å²) in [5.41, 5.74) is 1.64. The lowest BCUT2D eigenvalue weighted by Gasteiger charge is -2.21. The first-order valence-electron chi connectivity index (χ1n) is 9.38. The molecule has 2 atom stereocenters. The molecule has 4 heterocycles. The molecule has 2 aliphatic heterocycles. The van der Waals surface area contributed by atoms with E-state index in [2.05, 4.69) is 4.98 Å². The Labute approximate surface area is 179 Å². The van der Waals surface area contributed by atoms with Gasteiger partial charge in [0.25, 0.3) is 5.91 Å². The number of aryl methyl sites for hydroxylation is 2. The quantitative estimate of drug-likeness (QED) is 0.761. The highest BCUT2D eigenvalue weighted by Crippen LogP contribution is 2.33. The van der Waals surface area contributed by atoms with Crippen molar-refractivity contribution in [1.82, 2.24) is 19.4 Å². The number of thiazole rings is 1. The number of amides is 2. The maximum absolute atomic E-state index is 12.7. The monoisotopic (exact) mass is 458 g/mol. The number of aliphatic carboxylic acids is 1. The smallest absolute Gasteiger partial charge is 0.475 e. The second-order valence-corrected chi connectivity index (χ2v) is 8.52. The highest BCUT2D eigenvalue weighted by Gasteiger charge is 2.47. The number of halogens is 3. The average Bonchev–Trinajstić information content (AvgIpc) is 3.43. The van der Waals surface area contributed by atoms with Gasteiger partial charge in [0.2, 0.25) is 5.91 Å². The van der Waals surface area contributed by atoms with Crippen molar-refractivity contribution in [3.8, 4) is 0 Å². The number of carboxylic acid groups (broad SMARTS) is 1. The first kappa shape index (κ1) is 22.8. The van der Waals surface area contributed by atoms with E-state index >= 15 is 0 Å². The van der Waals surface area contributed by atoms with E-state index in [4.69, 9.17) is 9.90 Å². The van der Waals surface area contributed by atoms with Crippen LogP contribution >= 0.6 is 11.3 Å². The third kappa shape index (κ3) is 5.06. The number of hydrogen-bond donors (Lipinski definition) is 1. The summed E-state index contributed by atoms with van der Waals surface area (Å²) in [6.45, 7) is 4.47. The van der Waals surface area contributed by atoms with Crippen molar-refractivity contribution < 1.29 is 32.7 Å². The Balaban J connectivity index is 0.000000339. The van der Waals surface area contributed by atoms with E-state index in [1.807, 2.05) is 52.0 Å². The minimum atomic E-state index is -5.08. The van der Waals surface area contributed by atoms with E-state index in [1.165, 1.54) is 0 Å². The Morgan fingerprint density at radius 2 is 1.97 bits per heavy atom. The molecule has 8 nitrogen and oxygen atoms in total. The summed E-state index contributed by atoms with van der Waals surface area (Å²) >= 11 is 1.61. The average molecular weight is 458 g/mol. The Bertz CT molecular complexity index is 987. The van der Waals surface area contributed by atoms with Crippen LogP contribution in [0, 0.1) is 18.8 Å². The van der Waals surface area contributed by atoms with E-state index in [0.29, 0.717) is 25.3 Å². The van der Waals surface area contributed by atoms with Gasteiger partial charge in [0.05, 0.1) is 23.2 Å². The minimum Gasteiger partial charge on any atom is -0.475 e. The number of carbonyl (C=O) groups excluding carboxylic acids is 2. The maximum Gasteiger partial charge on any atom is 0.490 e. The molecule has 0 aromatic carbocycles. The van der Waals surface area contributed by atoms with Crippen LogP contribution in [0.5, 0.6) is 0 Å². The molecule has 2 saturated heterocycles. The molecule has 0 aliphatic carbocycles. The van der Waals surface area contributed by atoms with Crippen molar-refractivity contribution in [3.05, 3.63) is 40.1 Å². The van der Waals surface area contributed by atoms with E-state index in [9.17, 15) is 22.8 Å². The van der Waals surface area contributed by atoms with Gasteiger partial charge in [-0.05, 0) is 19.1 Å². The summed E-state index contributed by atoms with van der Waals surface area (Å²) in [7, 11) is 1.87. The fourth-order valence-corrected chi connectivity index (χ4v) is 4.38. The van der Waals surface area contributed by atoms with Gasteiger partial charge in [-0.2, -0.15) is 13.2 Å². The lowest BCUT2D eigenvalue weighted by atomic mass is 10.0. The molecule has 31 heavy (non-hydrogen) atoms. The number of carboxylic acids is 1. The lowest BCUT2D eigenvalue weighted by Crippen LogP contribution is -2.36. The van der Waals surface area contributed by atoms with E-state index in [0.717, 1.165) is 17.2 Å². The molecule has 2 aliphatic rings. The SMILES string of the molecule is Cc1nc(CN2C[C@@H]3CN(C(=O)c4cccn4C)C[C@@H]3C2=O)cs1.O=C(O)C(F)(F)F. The van der Waals surface area contributed by atoms with Gasteiger partial charge in [0, 0.05) is 44.2 Å². The first-order valence-corrected chi connectivity index (χ1v) is 10.3. The predicted molar refractivity (Wildman–Crippen MR) is 104 cm³/mol. The van der Waals surface area contributed by atoms with Gasteiger partial charge in [-0.15, -0.1) is 11.3 Å². The summed E-state index contributed by atoms with van der Waals surface area (Å²) < 4.78 is 33.6. The zero-order chi connectivity index (χ0) is 22.9. The Morgan fingerprint density at radius 3 is 2.45 bits per heavy atom. The molecule has 0 unspecified atom stereocenters.